The zero-order valence-electron chi connectivity index (χ0n) is 22.8. The van der Waals surface area contributed by atoms with E-state index < -0.39 is 10.0 Å². The van der Waals surface area contributed by atoms with E-state index in [-0.39, 0.29) is 18.0 Å². The molecule has 0 amide bonds. The van der Waals surface area contributed by atoms with Crippen molar-refractivity contribution in [1.29, 1.82) is 0 Å². The molecule has 0 saturated carbocycles. The highest BCUT2D eigenvalue weighted by molar-refractivity contribution is 7.89. The lowest BCUT2D eigenvalue weighted by Crippen LogP contribution is -2.30. The topological polar surface area (TPSA) is 72.1 Å². The number of nitrogens with zero attached hydrogens (tertiary/aromatic N) is 2. The monoisotopic (exact) mass is 618 g/mol. The Bertz CT molecular complexity index is 1770. The fourth-order valence-corrected chi connectivity index (χ4v) is 6.01. The molecule has 0 aliphatic carbocycles. The van der Waals surface area contributed by atoms with Crippen LogP contribution in [-0.4, -0.2) is 18.9 Å². The van der Waals surface area contributed by atoms with E-state index in [1.54, 1.807) is 60.8 Å². The quantitative estimate of drug-likeness (QED) is 0.139. The number of ether oxygens (including phenoxy) is 1. The Hall–Kier alpha value is -3.88. The lowest BCUT2D eigenvalue weighted by atomic mass is 10.2. The van der Waals surface area contributed by atoms with Gasteiger partial charge in [-0.2, -0.15) is 4.31 Å². The molecule has 0 unspecified atom stereocenters. The summed E-state index contributed by atoms with van der Waals surface area (Å²) in [5.41, 5.74) is 3.41. The fraction of sp³-hybridized carbons (Fsp3) is 0.121. The van der Waals surface area contributed by atoms with Gasteiger partial charge in [0.2, 0.25) is 10.0 Å². The zero-order valence-corrected chi connectivity index (χ0v) is 25.1. The van der Waals surface area contributed by atoms with Gasteiger partial charge in [-0.15, -0.1) is 0 Å². The van der Waals surface area contributed by atoms with Crippen LogP contribution < -0.4 is 4.74 Å². The Morgan fingerprint density at radius 3 is 2.31 bits per heavy atom. The predicted molar refractivity (Wildman–Crippen MR) is 167 cm³/mol. The Labute approximate surface area is 255 Å². The van der Waals surface area contributed by atoms with E-state index in [0.29, 0.717) is 33.7 Å². The first kappa shape index (κ1) is 29.6. The smallest absolute Gasteiger partial charge is 0.243 e. The molecule has 1 aromatic heterocycles. The van der Waals surface area contributed by atoms with Gasteiger partial charge < -0.3 is 9.15 Å². The number of halogens is 2. The Morgan fingerprint density at radius 1 is 0.857 bits per heavy atom. The minimum absolute atomic E-state index is 0.00352. The molecule has 0 bridgehead atoms. The van der Waals surface area contributed by atoms with Crippen LogP contribution in [-0.2, 0) is 29.7 Å². The van der Waals surface area contributed by atoms with Crippen LogP contribution in [0.2, 0.25) is 10.0 Å². The molecule has 9 heteroatoms. The van der Waals surface area contributed by atoms with Crippen LogP contribution in [0.5, 0.6) is 5.75 Å². The molecule has 1 heterocycles. The maximum Gasteiger partial charge on any atom is 0.243 e. The van der Waals surface area contributed by atoms with Gasteiger partial charge in [0.15, 0.2) is 0 Å². The molecule has 0 saturated heterocycles. The molecule has 0 aliphatic rings. The second-order valence-electron chi connectivity index (χ2n) is 9.65. The summed E-state index contributed by atoms with van der Waals surface area (Å²) >= 11 is 12.5. The first-order chi connectivity index (χ1) is 20.3. The highest BCUT2D eigenvalue weighted by atomic mass is 35.5. The molecule has 0 spiro atoms. The maximum absolute atomic E-state index is 13.7. The summed E-state index contributed by atoms with van der Waals surface area (Å²) in [5.74, 6) is 1.70. The zero-order chi connectivity index (χ0) is 29.5. The first-order valence-electron chi connectivity index (χ1n) is 13.2. The minimum Gasteiger partial charge on any atom is -0.489 e. The van der Waals surface area contributed by atoms with Crippen LogP contribution in [0.25, 0.3) is 0 Å². The standard InChI is InChI=1S/C33H28Cl2N2O4S/c1-24-7-17-32(18-8-24)42(38,39)37(21-26-9-10-27(34)19-33(26)35)22-31-16-15-30(41-31)20-36-28-11-13-29(14-12-28)40-23-25-5-3-2-4-6-25/h2-20H,21-23H2,1H3. The van der Waals surface area contributed by atoms with Crippen LogP contribution in [0.3, 0.4) is 0 Å². The van der Waals surface area contributed by atoms with Crippen molar-refractivity contribution in [1.82, 2.24) is 4.31 Å². The number of aliphatic imine (C=N–C) groups is 1. The SMILES string of the molecule is Cc1ccc(S(=O)(=O)N(Cc2ccc(C=Nc3ccc(OCc4ccccc4)cc3)o2)Cc2ccc(Cl)cc2Cl)cc1. The van der Waals surface area contributed by atoms with Crippen molar-refractivity contribution < 1.29 is 17.6 Å². The average Bonchev–Trinajstić information content (AvgIpc) is 3.44. The number of hydrogen-bond donors (Lipinski definition) is 0. The molecule has 6 nitrogen and oxygen atoms in total. The molecule has 0 fully saturated rings. The van der Waals surface area contributed by atoms with Crippen molar-refractivity contribution >= 4 is 45.1 Å². The van der Waals surface area contributed by atoms with Crippen LogP contribution in [0.15, 0.2) is 123 Å². The van der Waals surface area contributed by atoms with Gasteiger partial charge in [-0.05, 0) is 78.7 Å². The van der Waals surface area contributed by atoms with Gasteiger partial charge in [-0.3, -0.25) is 4.99 Å². The molecule has 0 atom stereocenters. The summed E-state index contributed by atoms with van der Waals surface area (Å²) < 4.78 is 40.5. The van der Waals surface area contributed by atoms with Gasteiger partial charge in [-0.25, -0.2) is 8.42 Å². The van der Waals surface area contributed by atoms with Crippen molar-refractivity contribution in [2.45, 2.75) is 31.5 Å². The molecule has 5 aromatic rings. The molecule has 214 valence electrons. The maximum atomic E-state index is 13.7. The van der Waals surface area contributed by atoms with Crippen molar-refractivity contribution in [3.8, 4) is 5.75 Å². The van der Waals surface area contributed by atoms with Crippen LogP contribution in [0.1, 0.15) is 28.2 Å². The highest BCUT2D eigenvalue weighted by Crippen LogP contribution is 2.27. The second kappa shape index (κ2) is 13.4. The van der Waals surface area contributed by atoms with E-state index >= 15 is 0 Å². The van der Waals surface area contributed by atoms with E-state index in [0.717, 1.165) is 22.6 Å². The van der Waals surface area contributed by atoms with E-state index in [1.165, 1.54) is 4.31 Å². The molecule has 0 radical (unpaired) electrons. The van der Waals surface area contributed by atoms with E-state index in [4.69, 9.17) is 32.4 Å². The van der Waals surface area contributed by atoms with Gasteiger partial charge in [0, 0.05) is 16.6 Å². The van der Waals surface area contributed by atoms with E-state index in [2.05, 4.69) is 4.99 Å². The number of hydrogen-bond acceptors (Lipinski definition) is 5. The third kappa shape index (κ3) is 7.69. The third-order valence-corrected chi connectivity index (χ3v) is 8.85. The van der Waals surface area contributed by atoms with E-state index in [9.17, 15) is 8.42 Å². The van der Waals surface area contributed by atoms with Gasteiger partial charge in [-0.1, -0.05) is 77.3 Å². The average molecular weight is 620 g/mol. The predicted octanol–water partition coefficient (Wildman–Crippen LogP) is 8.62. The number of sulfonamides is 1. The number of aryl methyl sites for hydroxylation is 1. The minimum atomic E-state index is -3.88. The summed E-state index contributed by atoms with van der Waals surface area (Å²) in [6.07, 6.45) is 1.60. The van der Waals surface area contributed by atoms with Crippen LogP contribution in [0, 0.1) is 6.92 Å². The van der Waals surface area contributed by atoms with Crippen molar-refractivity contribution in [3.05, 3.63) is 147 Å². The molecule has 0 N–H and O–H groups in total. The molecular formula is C33H28Cl2N2O4S. The Balaban J connectivity index is 1.29. The molecule has 4 aromatic carbocycles. The molecule has 5 rings (SSSR count). The van der Waals surface area contributed by atoms with Gasteiger partial charge in [0.1, 0.15) is 23.9 Å². The van der Waals surface area contributed by atoms with Gasteiger partial charge in [0.25, 0.3) is 0 Å². The number of rotatable bonds is 11. The van der Waals surface area contributed by atoms with Crippen molar-refractivity contribution in [2.75, 3.05) is 0 Å². The summed E-state index contributed by atoms with van der Waals surface area (Å²) in [5, 5.41) is 0.858. The third-order valence-electron chi connectivity index (χ3n) is 6.46. The highest BCUT2D eigenvalue weighted by Gasteiger charge is 2.27. The summed E-state index contributed by atoms with van der Waals surface area (Å²) in [6, 6.07) is 32.6. The summed E-state index contributed by atoms with van der Waals surface area (Å²) in [7, 11) is -3.88. The Morgan fingerprint density at radius 2 is 1.60 bits per heavy atom. The van der Waals surface area contributed by atoms with Crippen LogP contribution in [0.4, 0.5) is 5.69 Å². The normalized spacial score (nSPS) is 11.8. The summed E-state index contributed by atoms with van der Waals surface area (Å²) in [4.78, 5) is 4.67. The number of benzene rings is 4. The molecule has 42 heavy (non-hydrogen) atoms. The lowest BCUT2D eigenvalue weighted by Gasteiger charge is -2.22. The van der Waals surface area contributed by atoms with Crippen molar-refractivity contribution in [2.24, 2.45) is 4.99 Å². The fourth-order valence-electron chi connectivity index (χ4n) is 4.16. The summed E-state index contributed by atoms with van der Waals surface area (Å²) in [6.45, 7) is 2.42. The first-order valence-corrected chi connectivity index (χ1v) is 15.4. The van der Waals surface area contributed by atoms with Crippen molar-refractivity contribution in [3.63, 3.8) is 0 Å². The Kier molecular flexibility index (Phi) is 9.45. The van der Waals surface area contributed by atoms with Gasteiger partial charge in [0.05, 0.1) is 23.3 Å². The van der Waals surface area contributed by atoms with E-state index in [1.807, 2.05) is 61.5 Å². The molecule has 0 aliphatic heterocycles. The number of furan rings is 1. The molecular weight excluding hydrogens is 591 g/mol. The lowest BCUT2D eigenvalue weighted by molar-refractivity contribution is 0.306. The largest absolute Gasteiger partial charge is 0.489 e. The second-order valence-corrected chi connectivity index (χ2v) is 12.4. The van der Waals surface area contributed by atoms with Crippen LogP contribution >= 0.6 is 23.2 Å². The van der Waals surface area contributed by atoms with Gasteiger partial charge >= 0.3 is 0 Å².